The van der Waals surface area contributed by atoms with E-state index in [9.17, 15) is 22.8 Å². The molecule has 3 aliphatic heterocycles. The summed E-state index contributed by atoms with van der Waals surface area (Å²) in [5.74, 6) is 0.693. The first kappa shape index (κ1) is 38.0. The van der Waals surface area contributed by atoms with Gasteiger partial charge in [-0.3, -0.25) is 29.3 Å². The minimum Gasteiger partial charge on any atom is -0.357 e. The molecule has 4 aromatic rings. The predicted molar refractivity (Wildman–Crippen MR) is 213 cm³/mol. The number of pyridine rings is 2. The maximum Gasteiger partial charge on any atom is 0.299 e. The molecule has 15 nitrogen and oxygen atoms in total. The molecule has 1 aromatic carbocycles. The van der Waals surface area contributed by atoms with E-state index in [-0.39, 0.29) is 29.7 Å². The van der Waals surface area contributed by atoms with Gasteiger partial charge in [-0.2, -0.15) is 13.1 Å². The highest BCUT2D eigenvalue weighted by Gasteiger charge is 2.29. The van der Waals surface area contributed by atoms with Crippen molar-refractivity contribution in [3.05, 3.63) is 78.2 Å². The van der Waals surface area contributed by atoms with Gasteiger partial charge in [0.05, 0.1) is 22.9 Å². The number of imidazole rings is 1. The molecule has 1 atom stereocenters. The Balaban J connectivity index is 0.744. The number of hydrogen-bond donors (Lipinski definition) is 4. The fourth-order valence-corrected chi connectivity index (χ4v) is 8.93. The van der Waals surface area contributed by atoms with Crippen molar-refractivity contribution in [2.75, 3.05) is 68.5 Å². The molecule has 0 radical (unpaired) electrons. The van der Waals surface area contributed by atoms with Gasteiger partial charge in [0.15, 0.2) is 0 Å². The van der Waals surface area contributed by atoms with Crippen molar-refractivity contribution < 1.29 is 22.8 Å². The molecule has 16 heteroatoms. The van der Waals surface area contributed by atoms with Crippen LogP contribution in [0.5, 0.6) is 0 Å². The second-order valence-corrected chi connectivity index (χ2v) is 17.0. The van der Waals surface area contributed by atoms with E-state index < -0.39 is 10.2 Å². The zero-order valence-electron chi connectivity index (χ0n) is 31.5. The summed E-state index contributed by atoms with van der Waals surface area (Å²) >= 11 is 0. The summed E-state index contributed by atoms with van der Waals surface area (Å²) in [4.78, 5) is 52.9. The van der Waals surface area contributed by atoms with Crippen molar-refractivity contribution in [3.63, 3.8) is 0 Å². The van der Waals surface area contributed by atoms with E-state index in [0.29, 0.717) is 54.4 Å². The Morgan fingerprint density at radius 2 is 1.70 bits per heavy atom. The van der Waals surface area contributed by atoms with E-state index in [0.717, 1.165) is 94.9 Å². The molecule has 3 saturated heterocycles. The van der Waals surface area contributed by atoms with Crippen LogP contribution in [0, 0.1) is 5.92 Å². The Labute approximate surface area is 327 Å². The molecular formula is C40H50N10O5S. The van der Waals surface area contributed by atoms with Gasteiger partial charge in [-0.05, 0) is 80.3 Å². The van der Waals surface area contributed by atoms with Gasteiger partial charge in [0.2, 0.25) is 11.8 Å². The third kappa shape index (κ3) is 9.20. The molecule has 4 N–H and O–H groups in total. The zero-order valence-corrected chi connectivity index (χ0v) is 32.3. The highest BCUT2D eigenvalue weighted by Crippen LogP contribution is 2.28. The average molecular weight is 783 g/mol. The smallest absolute Gasteiger partial charge is 0.299 e. The quantitative estimate of drug-likeness (QED) is 0.148. The van der Waals surface area contributed by atoms with E-state index in [1.807, 2.05) is 34.9 Å². The lowest BCUT2D eigenvalue weighted by molar-refractivity contribution is -0.134. The van der Waals surface area contributed by atoms with Gasteiger partial charge in [0.25, 0.3) is 16.1 Å². The Morgan fingerprint density at radius 3 is 2.43 bits per heavy atom. The van der Waals surface area contributed by atoms with E-state index in [1.54, 1.807) is 36.7 Å². The number of benzene rings is 1. The number of carbonyl (C=O) groups is 3. The van der Waals surface area contributed by atoms with Crippen LogP contribution in [-0.4, -0.2) is 115 Å². The molecule has 3 amide bonds. The van der Waals surface area contributed by atoms with Gasteiger partial charge < -0.3 is 19.5 Å². The number of fused-ring (bicyclic) bond motifs is 1. The Bertz CT molecular complexity index is 2160. The summed E-state index contributed by atoms with van der Waals surface area (Å²) in [5, 5.41) is 5.49. The number of hydrogen-bond acceptors (Lipinski definition) is 10. The number of piperazine rings is 1. The predicted octanol–water partition coefficient (Wildman–Crippen LogP) is 2.98. The van der Waals surface area contributed by atoms with Gasteiger partial charge in [-0.25, -0.2) is 9.97 Å². The summed E-state index contributed by atoms with van der Waals surface area (Å²) in [7, 11) is -3.79. The number of nitrogens with zero attached hydrogens (tertiary/aromatic N) is 6. The van der Waals surface area contributed by atoms with Crippen molar-refractivity contribution in [2.45, 2.75) is 56.9 Å². The number of aromatic nitrogens is 3. The molecule has 0 bridgehead atoms. The van der Waals surface area contributed by atoms with E-state index in [4.69, 9.17) is 4.98 Å². The third-order valence-corrected chi connectivity index (χ3v) is 12.7. The molecule has 56 heavy (non-hydrogen) atoms. The first-order chi connectivity index (χ1) is 27.1. The van der Waals surface area contributed by atoms with Gasteiger partial charge in [0.1, 0.15) is 11.5 Å². The Kier molecular flexibility index (Phi) is 11.3. The molecule has 1 aliphatic carbocycles. The maximum absolute atomic E-state index is 13.0. The number of carbonyl (C=O) groups excluding carboxylic acids is 3. The topological polar surface area (TPSA) is 173 Å². The van der Waals surface area contributed by atoms with Crippen LogP contribution in [0.2, 0.25) is 0 Å². The van der Waals surface area contributed by atoms with Crippen LogP contribution in [0.3, 0.4) is 0 Å². The lowest BCUT2D eigenvalue weighted by Crippen LogP contribution is -2.50. The molecule has 4 fully saturated rings. The van der Waals surface area contributed by atoms with Crippen LogP contribution in [0.4, 0.5) is 11.5 Å². The van der Waals surface area contributed by atoms with Gasteiger partial charge >= 0.3 is 0 Å². The number of amides is 3. The molecule has 1 saturated carbocycles. The zero-order chi connectivity index (χ0) is 38.6. The first-order valence-electron chi connectivity index (χ1n) is 19.8. The molecule has 3 aromatic heterocycles. The van der Waals surface area contributed by atoms with E-state index in [1.165, 1.54) is 0 Å². The van der Waals surface area contributed by atoms with Crippen LogP contribution in [0.15, 0.2) is 67.1 Å². The first-order valence-corrected chi connectivity index (χ1v) is 21.3. The number of anilines is 2. The summed E-state index contributed by atoms with van der Waals surface area (Å²) in [5.41, 5.74) is 3.99. The van der Waals surface area contributed by atoms with E-state index in [2.05, 4.69) is 39.8 Å². The number of rotatable bonds is 13. The van der Waals surface area contributed by atoms with Crippen LogP contribution in [0.1, 0.15) is 66.8 Å². The molecule has 6 heterocycles. The number of imide groups is 1. The largest absolute Gasteiger partial charge is 0.357 e. The highest BCUT2D eigenvalue weighted by molar-refractivity contribution is 7.90. The van der Waals surface area contributed by atoms with Crippen LogP contribution < -0.4 is 25.0 Å². The van der Waals surface area contributed by atoms with Crippen LogP contribution >= 0.6 is 0 Å². The lowest BCUT2D eigenvalue weighted by atomic mass is 9.91. The van der Waals surface area contributed by atoms with Crippen molar-refractivity contribution in [3.8, 4) is 11.3 Å². The summed E-state index contributed by atoms with van der Waals surface area (Å²) in [6.07, 6.45) is 11.7. The van der Waals surface area contributed by atoms with E-state index >= 15 is 0 Å². The van der Waals surface area contributed by atoms with Crippen molar-refractivity contribution in [1.82, 2.24) is 39.5 Å². The second kappa shape index (κ2) is 16.7. The van der Waals surface area contributed by atoms with Crippen molar-refractivity contribution in [1.29, 1.82) is 0 Å². The highest BCUT2D eigenvalue weighted by atomic mass is 32.2. The summed E-state index contributed by atoms with van der Waals surface area (Å²) in [6, 6.07) is 14.9. The molecule has 1 unspecified atom stereocenters. The third-order valence-electron chi connectivity index (χ3n) is 11.6. The molecule has 296 valence electrons. The average Bonchev–Trinajstić information content (AvgIpc) is 3.61. The molecule has 4 aliphatic rings. The number of piperidine rings is 2. The fourth-order valence-electron chi connectivity index (χ4n) is 8.07. The van der Waals surface area contributed by atoms with Crippen molar-refractivity contribution in [2.24, 2.45) is 5.92 Å². The fraction of sp³-hybridized carbons (Fsp3) is 0.475. The van der Waals surface area contributed by atoms with Crippen LogP contribution in [-0.2, 0) is 19.8 Å². The SMILES string of the molecule is O=C1CCC(c2ccc(N3CCC(CN4CCN(CCNS(=O)(=O)Nc5cccc(-c6cn7cc(C(=O)NC8CCC8)ccc7n6)c5)CC4)CC3)nc2)C(=O)N1. The molecular weight excluding hydrogens is 733 g/mol. The Hall–Kier alpha value is -4.90. The van der Waals surface area contributed by atoms with Gasteiger partial charge in [0, 0.05) is 95.5 Å². The van der Waals surface area contributed by atoms with Crippen LogP contribution in [0.25, 0.3) is 16.9 Å². The minimum absolute atomic E-state index is 0.0874. The summed E-state index contributed by atoms with van der Waals surface area (Å²) < 4.78 is 33.1. The van der Waals surface area contributed by atoms with Crippen molar-refractivity contribution >= 4 is 45.1 Å². The molecule has 0 spiro atoms. The minimum atomic E-state index is -3.79. The molecule has 8 rings (SSSR count). The second-order valence-electron chi connectivity index (χ2n) is 15.5. The van der Waals surface area contributed by atoms with Gasteiger partial charge in [-0.15, -0.1) is 0 Å². The standard InChI is InChI=1S/C40H50N10O5S/c51-38-12-9-34(40(53)45-38)30-7-10-36(41-24-30)49-16-13-28(14-17-49)25-48-21-19-47(20-22-48)18-15-42-56(54,55)46-33-6-1-3-29(23-33)35-27-50-26-31(8-11-37(50)44-35)39(52)43-32-4-2-5-32/h1,3,6-8,10-11,23-24,26-28,32,34,42,46H,2,4-5,9,12-22,25H2,(H,43,52)(H,45,51,53). The maximum atomic E-state index is 13.0. The summed E-state index contributed by atoms with van der Waals surface area (Å²) in [6.45, 7) is 7.58. The van der Waals surface area contributed by atoms with Gasteiger partial charge in [-0.1, -0.05) is 18.2 Å². The Morgan fingerprint density at radius 1 is 0.893 bits per heavy atom. The number of nitrogens with one attached hydrogen (secondary N) is 4. The lowest BCUT2D eigenvalue weighted by Gasteiger charge is -2.39. The monoisotopic (exact) mass is 782 g/mol. The normalized spacial score (nSPS) is 20.5.